The minimum atomic E-state index is -4.51. The molecular formula is C24H32FN6O9P. The number of nitrogens with one attached hydrogen (secondary N) is 1. The van der Waals surface area contributed by atoms with Gasteiger partial charge >= 0.3 is 13.7 Å². The third kappa shape index (κ3) is 6.74. The number of halogens is 1. The number of imidazole rings is 1. The fourth-order valence-electron chi connectivity index (χ4n) is 3.93. The van der Waals surface area contributed by atoms with E-state index in [2.05, 4.69) is 20.0 Å². The maximum Gasteiger partial charge on any atom is 0.459 e. The first kappa shape index (κ1) is 30.6. The van der Waals surface area contributed by atoms with Gasteiger partial charge in [0.25, 0.3) is 5.85 Å². The van der Waals surface area contributed by atoms with Gasteiger partial charge in [0.1, 0.15) is 30.6 Å². The van der Waals surface area contributed by atoms with Gasteiger partial charge in [-0.15, -0.1) is 0 Å². The zero-order valence-electron chi connectivity index (χ0n) is 22.7. The Kier molecular flexibility index (Phi) is 9.11. The summed E-state index contributed by atoms with van der Waals surface area (Å²) in [5.41, 5.74) is 5.97. The zero-order chi connectivity index (χ0) is 29.9. The summed E-state index contributed by atoms with van der Waals surface area (Å²) >= 11 is 0. The first-order valence-electron chi connectivity index (χ1n) is 12.7. The van der Waals surface area contributed by atoms with Gasteiger partial charge in [-0.25, -0.2) is 13.9 Å². The predicted octanol–water partition coefficient (Wildman–Crippen LogP) is 1.86. The maximum absolute atomic E-state index is 16.0. The molecule has 0 radical (unpaired) electrons. The van der Waals surface area contributed by atoms with Crippen LogP contribution in [-0.4, -0.2) is 79.1 Å². The first-order valence-corrected chi connectivity index (χ1v) is 14.2. The Bertz CT molecular complexity index is 1410. The van der Waals surface area contributed by atoms with Crippen molar-refractivity contribution in [3.8, 4) is 11.6 Å². The van der Waals surface area contributed by atoms with Crippen molar-refractivity contribution in [3.05, 3.63) is 36.7 Å². The fraction of sp³-hybridized carbons (Fsp3) is 0.500. The molecule has 224 valence electrons. The summed E-state index contributed by atoms with van der Waals surface area (Å²) < 4.78 is 57.7. The van der Waals surface area contributed by atoms with E-state index in [-0.39, 0.29) is 35.3 Å². The number of fused-ring (bicyclic) bond motifs is 1. The molecule has 0 spiro atoms. The van der Waals surface area contributed by atoms with Crippen molar-refractivity contribution in [1.82, 2.24) is 24.6 Å². The molecule has 5 N–H and O–H groups in total. The minimum absolute atomic E-state index is 0.0413. The average molecular weight is 599 g/mol. The smallest absolute Gasteiger partial charge is 0.459 e. The first-order chi connectivity index (χ1) is 19.4. The van der Waals surface area contributed by atoms with Crippen LogP contribution in [0.5, 0.6) is 11.6 Å². The highest BCUT2D eigenvalue weighted by Gasteiger charge is 2.57. The van der Waals surface area contributed by atoms with Gasteiger partial charge in [0.2, 0.25) is 11.8 Å². The predicted molar refractivity (Wildman–Crippen MR) is 141 cm³/mol. The van der Waals surface area contributed by atoms with Gasteiger partial charge in [0, 0.05) is 0 Å². The standard InChI is InChI=1S/C24H32FN6O9P/c1-5-36-20-16-19(28-23(26)29-20)31(12-27-16)21-17(32)18(33)24(25,39-21)11-37-41(35,40-15-9-7-6-8-10-15)30-14(4)22(34)38-13(2)3/h6-10,12-14,17-18,21,32-33H,5,11H2,1-4H3,(H,30,35)(H2,26,28,29)/t14-,17-,18+,21-,24-,41+/m1/s1. The summed E-state index contributed by atoms with van der Waals surface area (Å²) in [5, 5.41) is 23.8. The van der Waals surface area contributed by atoms with Crippen LogP contribution in [0, 0.1) is 0 Å². The van der Waals surface area contributed by atoms with Crippen LogP contribution in [0.25, 0.3) is 11.2 Å². The van der Waals surface area contributed by atoms with E-state index in [1.165, 1.54) is 25.4 Å². The number of carbonyl (C=O) groups is 1. The number of benzene rings is 1. The highest BCUT2D eigenvalue weighted by molar-refractivity contribution is 7.52. The molecule has 6 atom stereocenters. The minimum Gasteiger partial charge on any atom is -0.476 e. The molecule has 17 heteroatoms. The second-order valence-corrected chi connectivity index (χ2v) is 11.1. The van der Waals surface area contributed by atoms with Crippen molar-refractivity contribution >= 4 is 30.8 Å². The Labute approximate surface area is 234 Å². The highest BCUT2D eigenvalue weighted by atomic mass is 31.2. The number of rotatable bonds is 12. The molecular weight excluding hydrogens is 566 g/mol. The molecule has 15 nitrogen and oxygen atoms in total. The number of nitrogens with zero attached hydrogens (tertiary/aromatic N) is 4. The van der Waals surface area contributed by atoms with E-state index >= 15 is 4.39 Å². The lowest BCUT2D eigenvalue weighted by atomic mass is 10.1. The Morgan fingerprint density at radius 1 is 1.27 bits per heavy atom. The third-order valence-electron chi connectivity index (χ3n) is 5.79. The third-order valence-corrected chi connectivity index (χ3v) is 7.42. The second-order valence-electron chi connectivity index (χ2n) is 9.39. The number of anilines is 1. The molecule has 1 aromatic carbocycles. The van der Waals surface area contributed by atoms with E-state index in [1.807, 2.05) is 0 Å². The number of hydrogen-bond acceptors (Lipinski definition) is 13. The van der Waals surface area contributed by atoms with E-state index in [4.69, 9.17) is 29.0 Å². The van der Waals surface area contributed by atoms with E-state index in [1.54, 1.807) is 39.0 Å². The molecule has 4 rings (SSSR count). The van der Waals surface area contributed by atoms with E-state index in [0.717, 1.165) is 4.57 Å². The number of hydrogen-bond donors (Lipinski definition) is 4. The van der Waals surface area contributed by atoms with Crippen molar-refractivity contribution in [3.63, 3.8) is 0 Å². The Morgan fingerprint density at radius 3 is 2.63 bits per heavy atom. The molecule has 3 heterocycles. The maximum atomic E-state index is 16.0. The second kappa shape index (κ2) is 12.2. The molecule has 3 aromatic rings. The SMILES string of the molecule is CCOc1nc(N)nc2c1ncn2[C@@H]1O[C@](F)(CO[P@@](=O)(N[C@H](C)C(=O)OC(C)C)Oc2ccccc2)[C@@H](O)[C@H]1O. The summed E-state index contributed by atoms with van der Waals surface area (Å²) in [5.74, 6) is -3.89. The number of para-hydroxylation sites is 1. The van der Waals surface area contributed by atoms with Crippen LogP contribution in [0.15, 0.2) is 36.7 Å². The summed E-state index contributed by atoms with van der Waals surface area (Å²) in [6.07, 6.45) is -4.86. The van der Waals surface area contributed by atoms with Crippen LogP contribution in [0.4, 0.5) is 10.3 Å². The van der Waals surface area contributed by atoms with Gasteiger partial charge in [-0.1, -0.05) is 18.2 Å². The topological polar surface area (TPSA) is 202 Å². The number of carbonyl (C=O) groups excluding carboxylic acids is 1. The molecule has 0 aliphatic carbocycles. The van der Waals surface area contributed by atoms with Gasteiger partial charge in [-0.3, -0.25) is 13.9 Å². The summed E-state index contributed by atoms with van der Waals surface area (Å²) in [6, 6.07) is 6.62. The summed E-state index contributed by atoms with van der Waals surface area (Å²) in [7, 11) is -4.51. The van der Waals surface area contributed by atoms with Gasteiger partial charge < -0.3 is 34.7 Å². The molecule has 0 saturated carbocycles. The number of alkyl halides is 1. The number of ether oxygens (including phenoxy) is 3. The van der Waals surface area contributed by atoms with Gasteiger partial charge in [-0.05, 0) is 39.8 Å². The van der Waals surface area contributed by atoms with Crippen LogP contribution in [-0.2, 0) is 23.4 Å². The fourth-order valence-corrected chi connectivity index (χ4v) is 5.43. The average Bonchev–Trinajstić information content (AvgIpc) is 3.42. The largest absolute Gasteiger partial charge is 0.476 e. The summed E-state index contributed by atoms with van der Waals surface area (Å²) in [6.45, 7) is 5.42. The monoisotopic (exact) mass is 598 g/mol. The number of aliphatic hydroxyl groups excluding tert-OH is 2. The summed E-state index contributed by atoms with van der Waals surface area (Å²) in [4.78, 5) is 24.5. The quantitative estimate of drug-likeness (QED) is 0.174. The van der Waals surface area contributed by atoms with E-state index in [0.29, 0.717) is 0 Å². The van der Waals surface area contributed by atoms with Crippen LogP contribution in [0.1, 0.15) is 33.9 Å². The Hall–Kier alpha value is -3.40. The Morgan fingerprint density at radius 2 is 1.98 bits per heavy atom. The van der Waals surface area contributed by atoms with E-state index in [9.17, 15) is 19.6 Å². The van der Waals surface area contributed by atoms with Crippen LogP contribution in [0.2, 0.25) is 0 Å². The van der Waals surface area contributed by atoms with Crippen molar-refractivity contribution in [1.29, 1.82) is 0 Å². The van der Waals surface area contributed by atoms with Crippen molar-refractivity contribution < 1.29 is 47.2 Å². The van der Waals surface area contributed by atoms with Gasteiger partial charge in [0.05, 0.1) is 19.0 Å². The molecule has 0 bridgehead atoms. The lowest BCUT2D eigenvalue weighted by Crippen LogP contribution is -2.44. The number of aromatic nitrogens is 4. The number of aliphatic hydroxyl groups is 2. The molecule has 1 fully saturated rings. The van der Waals surface area contributed by atoms with Crippen LogP contribution < -0.4 is 20.1 Å². The van der Waals surface area contributed by atoms with Crippen molar-refractivity contribution in [2.24, 2.45) is 0 Å². The van der Waals surface area contributed by atoms with E-state index < -0.39 is 56.8 Å². The lowest BCUT2D eigenvalue weighted by molar-refractivity contribution is -0.202. The Balaban J connectivity index is 1.57. The number of nitrogens with two attached hydrogens (primary N) is 1. The van der Waals surface area contributed by atoms with Crippen molar-refractivity contribution in [2.45, 2.75) is 64.1 Å². The normalized spacial score (nSPS) is 24.7. The lowest BCUT2D eigenvalue weighted by Gasteiger charge is -2.27. The van der Waals surface area contributed by atoms with Crippen LogP contribution in [0.3, 0.4) is 0 Å². The van der Waals surface area contributed by atoms with Crippen LogP contribution >= 0.6 is 7.75 Å². The zero-order valence-corrected chi connectivity index (χ0v) is 23.6. The van der Waals surface area contributed by atoms with Crippen molar-refractivity contribution in [2.75, 3.05) is 18.9 Å². The number of nitrogen functional groups attached to an aromatic ring is 1. The molecule has 0 amide bonds. The molecule has 41 heavy (non-hydrogen) atoms. The molecule has 1 saturated heterocycles. The molecule has 0 unspecified atom stereocenters. The number of esters is 1. The molecule has 1 aliphatic rings. The van der Waals surface area contributed by atoms with Gasteiger partial charge in [0.15, 0.2) is 17.4 Å². The highest BCUT2D eigenvalue weighted by Crippen LogP contribution is 2.48. The van der Waals surface area contributed by atoms with Gasteiger partial charge in [-0.2, -0.15) is 15.1 Å². The molecule has 2 aromatic heterocycles. The molecule has 1 aliphatic heterocycles.